The van der Waals surface area contributed by atoms with E-state index in [1.165, 1.54) is 25.8 Å². The van der Waals surface area contributed by atoms with Gasteiger partial charge in [-0.2, -0.15) is 0 Å². The van der Waals surface area contributed by atoms with Crippen molar-refractivity contribution in [3.63, 3.8) is 0 Å². The summed E-state index contributed by atoms with van der Waals surface area (Å²) >= 11 is 1.61. The Morgan fingerprint density at radius 1 is 1.26 bits per heavy atom. The number of nitrogens with zero attached hydrogens (tertiary/aromatic N) is 2. The van der Waals surface area contributed by atoms with Crippen molar-refractivity contribution in [3.8, 4) is 0 Å². The Bertz CT molecular complexity index is 686. The molecule has 0 spiro atoms. The number of likely N-dealkylation sites (tertiary alicyclic amines) is 1. The van der Waals surface area contributed by atoms with Crippen molar-refractivity contribution in [1.29, 1.82) is 0 Å². The molecule has 1 aromatic carbocycles. The van der Waals surface area contributed by atoms with Crippen molar-refractivity contribution >= 4 is 27.5 Å². The summed E-state index contributed by atoms with van der Waals surface area (Å²) < 4.78 is 1.13. The molecular formula is C18H23N3OS. The molecule has 1 saturated heterocycles. The highest BCUT2D eigenvalue weighted by Crippen LogP contribution is 2.28. The summed E-state index contributed by atoms with van der Waals surface area (Å²) in [6.45, 7) is 3.50. The van der Waals surface area contributed by atoms with Gasteiger partial charge in [-0.3, -0.25) is 4.79 Å². The Kier molecular flexibility index (Phi) is 4.31. The zero-order valence-electron chi connectivity index (χ0n) is 13.3. The zero-order chi connectivity index (χ0) is 15.6. The Balaban J connectivity index is 1.30. The summed E-state index contributed by atoms with van der Waals surface area (Å²) in [6.07, 6.45) is 6.38. The second kappa shape index (κ2) is 6.57. The van der Waals surface area contributed by atoms with Gasteiger partial charge in [-0.05, 0) is 49.8 Å². The highest BCUT2D eigenvalue weighted by molar-refractivity contribution is 7.16. The summed E-state index contributed by atoms with van der Waals surface area (Å²) in [4.78, 5) is 19.3. The lowest BCUT2D eigenvalue weighted by Gasteiger charge is -2.37. The molecule has 23 heavy (non-hydrogen) atoms. The number of amides is 1. The average Bonchev–Trinajstić information content (AvgIpc) is 3.00. The quantitative estimate of drug-likeness (QED) is 0.936. The highest BCUT2D eigenvalue weighted by atomic mass is 32.1. The molecule has 1 saturated carbocycles. The van der Waals surface area contributed by atoms with Crippen LogP contribution in [-0.2, 0) is 0 Å². The van der Waals surface area contributed by atoms with Crippen molar-refractivity contribution in [2.45, 2.75) is 38.1 Å². The molecule has 2 fully saturated rings. The number of aromatic nitrogens is 1. The number of hydrogen-bond donors (Lipinski definition) is 1. The molecule has 1 aliphatic heterocycles. The van der Waals surface area contributed by atoms with Crippen molar-refractivity contribution in [2.24, 2.45) is 5.92 Å². The van der Waals surface area contributed by atoms with Crippen molar-refractivity contribution in [3.05, 3.63) is 29.3 Å². The largest absolute Gasteiger partial charge is 0.349 e. The number of benzene rings is 1. The van der Waals surface area contributed by atoms with Gasteiger partial charge in [0.05, 0.1) is 15.7 Å². The minimum absolute atomic E-state index is 0.0392. The Morgan fingerprint density at radius 2 is 2.09 bits per heavy atom. The smallest absolute Gasteiger partial charge is 0.251 e. The number of rotatable bonds is 4. The van der Waals surface area contributed by atoms with E-state index < -0.39 is 0 Å². The number of carbonyl (C=O) groups excluding carboxylic acids is 1. The summed E-state index contributed by atoms with van der Waals surface area (Å²) in [5.74, 6) is 0.975. The lowest BCUT2D eigenvalue weighted by Crippen LogP contribution is -2.46. The molecule has 0 bridgehead atoms. The summed E-state index contributed by atoms with van der Waals surface area (Å²) in [7, 11) is 0. The molecule has 5 heteroatoms. The van der Waals surface area contributed by atoms with Gasteiger partial charge in [-0.1, -0.05) is 6.42 Å². The maximum absolute atomic E-state index is 12.4. The first-order valence-corrected chi connectivity index (χ1v) is 9.52. The van der Waals surface area contributed by atoms with Gasteiger partial charge in [-0.15, -0.1) is 11.3 Å². The SMILES string of the molecule is O=C(NC1CCN(CC2CCC2)CC1)c1ccc2scnc2c1. The molecule has 122 valence electrons. The molecule has 2 aromatic rings. The van der Waals surface area contributed by atoms with Crippen LogP contribution in [-0.4, -0.2) is 41.5 Å². The number of hydrogen-bond acceptors (Lipinski definition) is 4. The van der Waals surface area contributed by atoms with Crippen LogP contribution >= 0.6 is 11.3 Å². The van der Waals surface area contributed by atoms with E-state index in [1.54, 1.807) is 11.3 Å². The normalized spacial score (nSPS) is 20.5. The third-order valence-corrected chi connectivity index (χ3v) is 6.07. The molecule has 0 radical (unpaired) electrons. The molecule has 4 nitrogen and oxygen atoms in total. The molecule has 1 aliphatic carbocycles. The van der Waals surface area contributed by atoms with Gasteiger partial charge in [0.1, 0.15) is 0 Å². The standard InChI is InChI=1S/C18H23N3OS/c22-18(14-4-5-17-16(10-14)19-12-23-17)20-15-6-8-21(9-7-15)11-13-2-1-3-13/h4-5,10,12-13,15H,1-3,6-9,11H2,(H,20,22). The van der Waals surface area contributed by atoms with E-state index in [1.807, 2.05) is 23.7 Å². The van der Waals surface area contributed by atoms with Gasteiger partial charge < -0.3 is 10.2 Å². The first-order chi connectivity index (χ1) is 11.3. The second-order valence-electron chi connectivity index (χ2n) is 6.88. The zero-order valence-corrected chi connectivity index (χ0v) is 14.1. The lowest BCUT2D eigenvalue weighted by atomic mass is 9.84. The number of fused-ring (bicyclic) bond motifs is 1. The number of thiazole rings is 1. The highest BCUT2D eigenvalue weighted by Gasteiger charge is 2.25. The maximum atomic E-state index is 12.4. The second-order valence-corrected chi connectivity index (χ2v) is 7.77. The van der Waals surface area contributed by atoms with E-state index in [0.29, 0.717) is 6.04 Å². The van der Waals surface area contributed by atoms with Crippen molar-refractivity contribution < 1.29 is 4.79 Å². The lowest BCUT2D eigenvalue weighted by molar-refractivity contribution is 0.0895. The average molecular weight is 329 g/mol. The molecule has 4 rings (SSSR count). The van der Waals surface area contributed by atoms with Gasteiger partial charge in [-0.25, -0.2) is 4.98 Å². The maximum Gasteiger partial charge on any atom is 0.251 e. The van der Waals surface area contributed by atoms with Gasteiger partial charge in [0.2, 0.25) is 0 Å². The van der Waals surface area contributed by atoms with Gasteiger partial charge >= 0.3 is 0 Å². The predicted octanol–water partition coefficient (Wildman–Crippen LogP) is 3.29. The summed E-state index contributed by atoms with van der Waals surface area (Å²) in [5, 5.41) is 3.20. The van der Waals surface area contributed by atoms with Crippen LogP contribution in [0.5, 0.6) is 0 Å². The molecular weight excluding hydrogens is 306 g/mol. The van der Waals surface area contributed by atoms with Crippen molar-refractivity contribution in [1.82, 2.24) is 15.2 Å². The van der Waals surface area contributed by atoms with E-state index in [0.717, 1.165) is 47.6 Å². The van der Waals surface area contributed by atoms with Gasteiger partial charge in [0, 0.05) is 31.2 Å². The van der Waals surface area contributed by atoms with Crippen LogP contribution in [0.4, 0.5) is 0 Å². The van der Waals surface area contributed by atoms with Crippen LogP contribution < -0.4 is 5.32 Å². The molecule has 0 atom stereocenters. The summed E-state index contributed by atoms with van der Waals surface area (Å²) in [5.41, 5.74) is 3.46. The van der Waals surface area contributed by atoms with E-state index in [4.69, 9.17) is 0 Å². The first-order valence-electron chi connectivity index (χ1n) is 8.64. The fraction of sp³-hybridized carbons (Fsp3) is 0.556. The van der Waals surface area contributed by atoms with Crippen LogP contribution in [0.2, 0.25) is 0 Å². The Hall–Kier alpha value is -1.46. The van der Waals surface area contributed by atoms with Crippen LogP contribution in [0, 0.1) is 5.92 Å². The molecule has 2 aliphatic rings. The van der Waals surface area contributed by atoms with E-state index in [9.17, 15) is 4.79 Å². The minimum Gasteiger partial charge on any atom is -0.349 e. The summed E-state index contributed by atoms with van der Waals surface area (Å²) in [6, 6.07) is 6.10. The van der Waals surface area contributed by atoms with Gasteiger partial charge in [0.25, 0.3) is 5.91 Å². The van der Waals surface area contributed by atoms with E-state index >= 15 is 0 Å². The third-order valence-electron chi connectivity index (χ3n) is 5.26. The monoisotopic (exact) mass is 329 g/mol. The molecule has 1 N–H and O–H groups in total. The van der Waals surface area contributed by atoms with Gasteiger partial charge in [0.15, 0.2) is 0 Å². The van der Waals surface area contributed by atoms with Crippen LogP contribution in [0.15, 0.2) is 23.7 Å². The predicted molar refractivity (Wildman–Crippen MR) is 93.9 cm³/mol. The third kappa shape index (κ3) is 3.40. The topological polar surface area (TPSA) is 45.2 Å². The Morgan fingerprint density at radius 3 is 2.83 bits per heavy atom. The molecule has 0 unspecified atom stereocenters. The fourth-order valence-electron chi connectivity index (χ4n) is 3.57. The molecule has 1 aromatic heterocycles. The van der Waals surface area contributed by atoms with E-state index in [2.05, 4.69) is 15.2 Å². The number of piperidine rings is 1. The first kappa shape index (κ1) is 15.1. The molecule has 1 amide bonds. The van der Waals surface area contributed by atoms with Crippen molar-refractivity contribution in [2.75, 3.05) is 19.6 Å². The van der Waals surface area contributed by atoms with Crippen LogP contribution in [0.3, 0.4) is 0 Å². The minimum atomic E-state index is 0.0392. The molecule has 2 heterocycles. The van der Waals surface area contributed by atoms with E-state index in [-0.39, 0.29) is 5.91 Å². The fourth-order valence-corrected chi connectivity index (χ4v) is 4.23. The van der Waals surface area contributed by atoms with Crippen LogP contribution in [0.25, 0.3) is 10.2 Å². The number of nitrogens with one attached hydrogen (secondary N) is 1. The Labute approximate surface area is 140 Å². The van der Waals surface area contributed by atoms with Crippen LogP contribution in [0.1, 0.15) is 42.5 Å². The number of carbonyl (C=O) groups is 1.